The summed E-state index contributed by atoms with van der Waals surface area (Å²) in [7, 11) is 1.81. The first-order chi connectivity index (χ1) is 8.60. The standard InChI is InChI=1S/C11H10ClN5O/c1-7-15-10(16-18-7)6-17(2)11-9(12)3-8(4-13)5-14-11/h3,5H,6H2,1-2H3. The maximum Gasteiger partial charge on any atom is 0.223 e. The van der Waals surface area contributed by atoms with Crippen LogP contribution in [-0.2, 0) is 6.54 Å². The molecule has 0 saturated carbocycles. The summed E-state index contributed by atoms with van der Waals surface area (Å²) in [5.41, 5.74) is 0.424. The summed E-state index contributed by atoms with van der Waals surface area (Å²) < 4.78 is 4.88. The lowest BCUT2D eigenvalue weighted by atomic mass is 10.3. The molecule has 18 heavy (non-hydrogen) atoms. The maximum atomic E-state index is 8.73. The van der Waals surface area contributed by atoms with Gasteiger partial charge in [0.15, 0.2) is 5.82 Å². The normalized spacial score (nSPS) is 10.1. The second-order valence-corrected chi connectivity index (χ2v) is 4.13. The van der Waals surface area contributed by atoms with Crippen molar-refractivity contribution in [2.45, 2.75) is 13.5 Å². The van der Waals surface area contributed by atoms with E-state index in [-0.39, 0.29) is 0 Å². The van der Waals surface area contributed by atoms with Gasteiger partial charge in [-0.1, -0.05) is 16.8 Å². The van der Waals surface area contributed by atoms with Crippen molar-refractivity contribution < 1.29 is 4.52 Å². The third-order valence-corrected chi connectivity index (χ3v) is 2.54. The molecule has 0 spiro atoms. The Labute approximate surface area is 109 Å². The zero-order valence-corrected chi connectivity index (χ0v) is 10.6. The van der Waals surface area contributed by atoms with Gasteiger partial charge in [-0.3, -0.25) is 0 Å². The van der Waals surface area contributed by atoms with Crippen LogP contribution < -0.4 is 4.90 Å². The van der Waals surface area contributed by atoms with Crippen molar-refractivity contribution in [2.24, 2.45) is 0 Å². The Hall–Kier alpha value is -2.13. The van der Waals surface area contributed by atoms with Gasteiger partial charge >= 0.3 is 0 Å². The number of anilines is 1. The molecule has 7 heteroatoms. The predicted molar refractivity (Wildman–Crippen MR) is 65.1 cm³/mol. The highest BCUT2D eigenvalue weighted by Gasteiger charge is 2.12. The third kappa shape index (κ3) is 2.57. The van der Waals surface area contributed by atoms with Crippen molar-refractivity contribution in [1.82, 2.24) is 15.1 Å². The Morgan fingerprint density at radius 2 is 2.33 bits per heavy atom. The largest absolute Gasteiger partial charge is 0.351 e. The average molecular weight is 264 g/mol. The van der Waals surface area contributed by atoms with E-state index >= 15 is 0 Å². The van der Waals surface area contributed by atoms with Crippen LogP contribution in [-0.4, -0.2) is 22.2 Å². The first kappa shape index (κ1) is 12.3. The molecule has 0 saturated heterocycles. The summed E-state index contributed by atoms with van der Waals surface area (Å²) in [6.45, 7) is 2.15. The second kappa shape index (κ2) is 5.02. The van der Waals surface area contributed by atoms with Gasteiger partial charge in [0, 0.05) is 20.2 Å². The Bertz CT molecular complexity index is 604. The molecule has 2 rings (SSSR count). The molecule has 0 radical (unpaired) electrons. The molecule has 0 N–H and O–H groups in total. The van der Waals surface area contributed by atoms with E-state index in [1.165, 1.54) is 6.20 Å². The molecule has 0 aliphatic carbocycles. The molecule has 0 aliphatic rings. The lowest BCUT2D eigenvalue weighted by Gasteiger charge is -2.17. The SMILES string of the molecule is Cc1nc(CN(C)c2ncc(C#N)cc2Cl)no1. The van der Waals surface area contributed by atoms with Gasteiger partial charge in [0.25, 0.3) is 0 Å². The van der Waals surface area contributed by atoms with Gasteiger partial charge in [-0.15, -0.1) is 0 Å². The quantitative estimate of drug-likeness (QED) is 0.842. The van der Waals surface area contributed by atoms with Crippen LogP contribution >= 0.6 is 11.6 Å². The van der Waals surface area contributed by atoms with Crippen molar-refractivity contribution in [3.63, 3.8) is 0 Å². The fourth-order valence-electron chi connectivity index (χ4n) is 1.47. The summed E-state index contributed by atoms with van der Waals surface area (Å²) in [5, 5.41) is 12.9. The van der Waals surface area contributed by atoms with Crippen molar-refractivity contribution in [3.8, 4) is 6.07 Å². The van der Waals surface area contributed by atoms with Gasteiger partial charge in [-0.05, 0) is 6.07 Å². The molecule has 6 nitrogen and oxygen atoms in total. The maximum absolute atomic E-state index is 8.73. The molecule has 0 aromatic carbocycles. The molecule has 0 unspecified atom stereocenters. The van der Waals surface area contributed by atoms with E-state index in [4.69, 9.17) is 21.4 Å². The minimum Gasteiger partial charge on any atom is -0.351 e. The van der Waals surface area contributed by atoms with E-state index < -0.39 is 0 Å². The minimum absolute atomic E-state index is 0.414. The topological polar surface area (TPSA) is 78.8 Å². The molecule has 2 aromatic heterocycles. The zero-order chi connectivity index (χ0) is 13.1. The van der Waals surface area contributed by atoms with Crippen LogP contribution in [0.3, 0.4) is 0 Å². The van der Waals surface area contributed by atoms with Crippen LogP contribution in [0, 0.1) is 18.3 Å². The lowest BCUT2D eigenvalue weighted by molar-refractivity contribution is 0.387. The van der Waals surface area contributed by atoms with Gasteiger partial charge < -0.3 is 9.42 Å². The Kier molecular flexibility index (Phi) is 3.44. The monoisotopic (exact) mass is 263 g/mol. The van der Waals surface area contributed by atoms with Crippen LogP contribution in [0.4, 0.5) is 5.82 Å². The number of aryl methyl sites for hydroxylation is 1. The molecule has 0 fully saturated rings. The number of hydrogen-bond donors (Lipinski definition) is 0. The number of nitrogens with zero attached hydrogens (tertiary/aromatic N) is 5. The highest BCUT2D eigenvalue weighted by atomic mass is 35.5. The Morgan fingerprint density at radius 1 is 1.56 bits per heavy atom. The number of hydrogen-bond acceptors (Lipinski definition) is 6. The summed E-state index contributed by atoms with van der Waals surface area (Å²) >= 11 is 6.05. The van der Waals surface area contributed by atoms with Gasteiger partial charge in [0.2, 0.25) is 5.89 Å². The summed E-state index contributed by atoms with van der Waals surface area (Å²) in [6.07, 6.45) is 1.47. The van der Waals surface area contributed by atoms with Gasteiger partial charge in [-0.2, -0.15) is 10.2 Å². The van der Waals surface area contributed by atoms with Gasteiger partial charge in [0.1, 0.15) is 11.9 Å². The van der Waals surface area contributed by atoms with Crippen LogP contribution in [0.5, 0.6) is 0 Å². The molecule has 2 heterocycles. The first-order valence-corrected chi connectivity index (χ1v) is 5.54. The van der Waals surface area contributed by atoms with Crippen molar-refractivity contribution in [3.05, 3.63) is 34.6 Å². The van der Waals surface area contributed by atoms with E-state index in [1.807, 2.05) is 13.1 Å². The van der Waals surface area contributed by atoms with Crippen molar-refractivity contribution >= 4 is 17.4 Å². The Balaban J connectivity index is 2.19. The van der Waals surface area contributed by atoms with Crippen molar-refractivity contribution in [1.29, 1.82) is 5.26 Å². The van der Waals surface area contributed by atoms with Gasteiger partial charge in [-0.25, -0.2) is 4.98 Å². The average Bonchev–Trinajstić information content (AvgIpc) is 2.74. The predicted octanol–water partition coefficient (Wildman–Crippen LogP) is 1.93. The van der Waals surface area contributed by atoms with Crippen molar-refractivity contribution in [2.75, 3.05) is 11.9 Å². The lowest BCUT2D eigenvalue weighted by Crippen LogP contribution is -2.19. The van der Waals surface area contributed by atoms with Crippen LogP contribution in [0.1, 0.15) is 17.3 Å². The Morgan fingerprint density at radius 3 is 2.89 bits per heavy atom. The number of pyridine rings is 1. The van der Waals surface area contributed by atoms with E-state index in [1.54, 1.807) is 17.9 Å². The number of nitriles is 1. The number of aromatic nitrogens is 3. The molecule has 0 aliphatic heterocycles. The van der Waals surface area contributed by atoms with Crippen LogP contribution in [0.2, 0.25) is 5.02 Å². The van der Waals surface area contributed by atoms with E-state index in [2.05, 4.69) is 15.1 Å². The highest BCUT2D eigenvalue weighted by molar-refractivity contribution is 6.33. The molecule has 0 atom stereocenters. The third-order valence-electron chi connectivity index (χ3n) is 2.26. The highest BCUT2D eigenvalue weighted by Crippen LogP contribution is 2.23. The molecular formula is C11H10ClN5O. The van der Waals surface area contributed by atoms with E-state index in [0.29, 0.717) is 34.7 Å². The zero-order valence-electron chi connectivity index (χ0n) is 9.88. The molecule has 2 aromatic rings. The minimum atomic E-state index is 0.414. The molecule has 92 valence electrons. The molecule has 0 bridgehead atoms. The number of rotatable bonds is 3. The van der Waals surface area contributed by atoms with E-state index in [0.717, 1.165) is 0 Å². The summed E-state index contributed by atoms with van der Waals surface area (Å²) in [6, 6.07) is 3.55. The number of halogens is 1. The smallest absolute Gasteiger partial charge is 0.223 e. The summed E-state index contributed by atoms with van der Waals surface area (Å²) in [5.74, 6) is 1.63. The fourth-order valence-corrected chi connectivity index (χ4v) is 1.78. The second-order valence-electron chi connectivity index (χ2n) is 3.73. The van der Waals surface area contributed by atoms with E-state index in [9.17, 15) is 0 Å². The molecular weight excluding hydrogens is 254 g/mol. The summed E-state index contributed by atoms with van der Waals surface area (Å²) in [4.78, 5) is 10.0. The fraction of sp³-hybridized carbons (Fsp3) is 0.273. The van der Waals surface area contributed by atoms with Crippen LogP contribution in [0.15, 0.2) is 16.8 Å². The van der Waals surface area contributed by atoms with Crippen LogP contribution in [0.25, 0.3) is 0 Å². The first-order valence-electron chi connectivity index (χ1n) is 5.16. The van der Waals surface area contributed by atoms with Gasteiger partial charge in [0.05, 0.1) is 17.1 Å². The molecule has 0 amide bonds.